The first-order valence-corrected chi connectivity index (χ1v) is 14.2. The molecule has 0 atom stereocenters. The van der Waals surface area contributed by atoms with Gasteiger partial charge in [0.25, 0.3) is 0 Å². The van der Waals surface area contributed by atoms with Gasteiger partial charge in [0, 0.05) is 33.6 Å². The van der Waals surface area contributed by atoms with E-state index in [1.807, 2.05) is 49.4 Å². The summed E-state index contributed by atoms with van der Waals surface area (Å²) in [6.45, 7) is 12.4. The minimum atomic E-state index is -0.254. The molecule has 0 spiro atoms. The number of carbonyl (C=O) groups excluding carboxylic acids is 2. The number of anilines is 2. The van der Waals surface area contributed by atoms with Gasteiger partial charge in [-0.1, -0.05) is 99.3 Å². The van der Waals surface area contributed by atoms with Crippen molar-refractivity contribution in [3.05, 3.63) is 161 Å². The van der Waals surface area contributed by atoms with Gasteiger partial charge >= 0.3 is 0 Å². The first-order valence-electron chi connectivity index (χ1n) is 14.2. The fraction of sp³-hybridized carbons (Fsp3) is 0.128. The van der Waals surface area contributed by atoms with Crippen LogP contribution in [0.3, 0.4) is 0 Å². The fourth-order valence-corrected chi connectivity index (χ4v) is 5.76. The summed E-state index contributed by atoms with van der Waals surface area (Å²) in [6.07, 6.45) is 10.6. The van der Waals surface area contributed by atoms with Crippen molar-refractivity contribution in [3.8, 4) is 11.1 Å². The maximum atomic E-state index is 13.2. The molecule has 0 saturated heterocycles. The first-order chi connectivity index (χ1) is 20.3. The Kier molecular flexibility index (Phi) is 8.04. The van der Waals surface area contributed by atoms with Crippen LogP contribution in [-0.2, 0) is 5.41 Å². The Hall–Kier alpha value is -5.02. The lowest BCUT2D eigenvalue weighted by molar-refractivity contribution is 0.102. The van der Waals surface area contributed by atoms with Crippen LogP contribution in [0.5, 0.6) is 0 Å². The van der Waals surface area contributed by atoms with Gasteiger partial charge in [0.05, 0.1) is 0 Å². The molecule has 0 unspecified atom stereocenters. The molecule has 1 aliphatic carbocycles. The van der Waals surface area contributed by atoms with Crippen molar-refractivity contribution in [3.63, 3.8) is 0 Å². The number of carbonyl (C=O) groups is 2. The van der Waals surface area contributed by atoms with Gasteiger partial charge in [0.15, 0.2) is 12.1 Å². The van der Waals surface area contributed by atoms with Crippen molar-refractivity contribution in [1.29, 1.82) is 0 Å². The minimum absolute atomic E-state index is 0.143. The average molecular weight is 550 g/mol. The van der Waals surface area contributed by atoms with Gasteiger partial charge in [-0.15, -0.1) is 0 Å². The summed E-state index contributed by atoms with van der Waals surface area (Å²) >= 11 is 0. The Labute approximate surface area is 248 Å². The lowest BCUT2D eigenvalue weighted by atomic mass is 9.81. The highest BCUT2D eigenvalue weighted by molar-refractivity contribution is 6.14. The number of Topliss-reactive ketones (excluding diaryl/α,β-unsaturated/α-hetero) is 1. The van der Waals surface area contributed by atoms with Crippen LogP contribution in [-0.4, -0.2) is 12.1 Å². The molecule has 0 saturated carbocycles. The van der Waals surface area contributed by atoms with E-state index in [-0.39, 0.29) is 11.2 Å². The number of hydrogen-bond acceptors (Lipinski definition) is 3. The molecule has 42 heavy (non-hydrogen) atoms. The van der Waals surface area contributed by atoms with E-state index in [0.717, 1.165) is 28.9 Å². The Morgan fingerprint density at radius 2 is 1.50 bits per heavy atom. The van der Waals surface area contributed by atoms with E-state index in [1.54, 1.807) is 31.2 Å². The number of fused-ring (bicyclic) bond motifs is 3. The summed E-state index contributed by atoms with van der Waals surface area (Å²) in [4.78, 5) is 26.9. The summed E-state index contributed by atoms with van der Waals surface area (Å²) in [5.41, 5.74) is 10.1. The molecule has 0 amide bonds. The molecule has 0 fully saturated rings. The van der Waals surface area contributed by atoms with Crippen LogP contribution in [0.2, 0.25) is 0 Å². The number of aldehydes is 1. The molecule has 3 heteroatoms. The number of para-hydroxylation sites is 1. The number of nitrogens with zero attached hydrogens (tertiary/aromatic N) is 1. The van der Waals surface area contributed by atoms with Crippen molar-refractivity contribution >= 4 is 29.5 Å². The Balaban J connectivity index is 1.55. The predicted octanol–water partition coefficient (Wildman–Crippen LogP) is 9.88. The van der Waals surface area contributed by atoms with Crippen molar-refractivity contribution in [2.75, 3.05) is 4.90 Å². The highest BCUT2D eigenvalue weighted by Crippen LogP contribution is 2.50. The summed E-state index contributed by atoms with van der Waals surface area (Å²) in [5.74, 6) is -0.143. The van der Waals surface area contributed by atoms with Gasteiger partial charge in [-0.2, -0.15) is 0 Å². The zero-order chi connectivity index (χ0) is 29.9. The highest BCUT2D eigenvalue weighted by atomic mass is 16.1. The summed E-state index contributed by atoms with van der Waals surface area (Å²) in [6, 6.07) is 30.3. The topological polar surface area (TPSA) is 37.4 Å². The Morgan fingerprint density at radius 1 is 0.833 bits per heavy atom. The van der Waals surface area contributed by atoms with Crippen molar-refractivity contribution in [2.45, 2.75) is 33.1 Å². The molecule has 5 rings (SSSR count). The van der Waals surface area contributed by atoms with E-state index in [0.29, 0.717) is 16.7 Å². The fourth-order valence-electron chi connectivity index (χ4n) is 5.76. The number of ketones is 1. The third-order valence-corrected chi connectivity index (χ3v) is 7.96. The van der Waals surface area contributed by atoms with Crippen LogP contribution in [0.15, 0.2) is 133 Å². The summed E-state index contributed by atoms with van der Waals surface area (Å²) < 4.78 is 0. The second kappa shape index (κ2) is 11.8. The highest BCUT2D eigenvalue weighted by Gasteiger charge is 2.36. The number of hydrogen-bond donors (Lipinski definition) is 0. The molecule has 3 nitrogen and oxygen atoms in total. The van der Waals surface area contributed by atoms with E-state index >= 15 is 0 Å². The van der Waals surface area contributed by atoms with E-state index in [4.69, 9.17) is 0 Å². The molecule has 0 bridgehead atoms. The largest absolute Gasteiger partial charge is 0.311 e. The van der Waals surface area contributed by atoms with E-state index in [2.05, 4.69) is 79.9 Å². The Morgan fingerprint density at radius 3 is 2.19 bits per heavy atom. The molecular weight excluding hydrogens is 514 g/mol. The van der Waals surface area contributed by atoms with Crippen LogP contribution in [0.1, 0.15) is 65.1 Å². The van der Waals surface area contributed by atoms with Gasteiger partial charge in [0.2, 0.25) is 0 Å². The zero-order valence-corrected chi connectivity index (χ0v) is 24.6. The zero-order valence-electron chi connectivity index (χ0n) is 24.6. The lowest BCUT2D eigenvalue weighted by Crippen LogP contribution is -2.18. The van der Waals surface area contributed by atoms with Gasteiger partial charge in [-0.05, 0) is 89.7 Å². The molecule has 0 aliphatic heterocycles. The van der Waals surface area contributed by atoms with E-state index in [1.165, 1.54) is 22.3 Å². The van der Waals surface area contributed by atoms with Gasteiger partial charge in [-0.3, -0.25) is 9.59 Å². The van der Waals surface area contributed by atoms with Crippen LogP contribution < -0.4 is 4.90 Å². The minimum Gasteiger partial charge on any atom is -0.311 e. The quantitative estimate of drug-likeness (QED) is 0.0902. The Bertz CT molecular complexity index is 1770. The molecule has 208 valence electrons. The second-order valence-electron chi connectivity index (χ2n) is 11.0. The molecule has 0 aromatic heterocycles. The lowest BCUT2D eigenvalue weighted by Gasteiger charge is -2.28. The number of benzene rings is 4. The summed E-state index contributed by atoms with van der Waals surface area (Å²) in [7, 11) is 0. The second-order valence-corrected chi connectivity index (χ2v) is 11.0. The van der Waals surface area contributed by atoms with E-state index in [9.17, 15) is 9.59 Å². The van der Waals surface area contributed by atoms with Crippen LogP contribution in [0.25, 0.3) is 17.2 Å². The molecule has 0 radical (unpaired) electrons. The van der Waals surface area contributed by atoms with Gasteiger partial charge < -0.3 is 4.90 Å². The third kappa shape index (κ3) is 5.22. The molecular formula is C39H35NO2. The standard InChI is InChI=1S/C39H35NO2/c1-6-8-15-30(7-2)40(31-16-10-9-11-17-31)32-20-22-35-34-21-19-28(24-36(34)39(4,5)37(35)25-32)23-27(3)38(42)33-18-13-12-14-29(33)26-41/h6-26H,2H2,1,3-5H3/b8-6-,27-23-,30-15+. The van der Waals surface area contributed by atoms with Gasteiger partial charge in [-0.25, -0.2) is 0 Å². The number of rotatable bonds is 9. The van der Waals surface area contributed by atoms with Crippen molar-refractivity contribution < 1.29 is 9.59 Å². The normalized spacial score (nSPS) is 13.9. The molecule has 4 aromatic carbocycles. The van der Waals surface area contributed by atoms with Crippen molar-refractivity contribution in [1.82, 2.24) is 0 Å². The van der Waals surface area contributed by atoms with E-state index < -0.39 is 0 Å². The molecule has 4 aromatic rings. The predicted molar refractivity (Wildman–Crippen MR) is 175 cm³/mol. The third-order valence-electron chi connectivity index (χ3n) is 7.96. The van der Waals surface area contributed by atoms with Crippen LogP contribution in [0.4, 0.5) is 11.4 Å². The smallest absolute Gasteiger partial charge is 0.189 e. The average Bonchev–Trinajstić information content (AvgIpc) is 3.24. The molecule has 1 aliphatic rings. The van der Waals surface area contributed by atoms with Crippen LogP contribution in [0, 0.1) is 0 Å². The molecule has 0 N–H and O–H groups in total. The maximum Gasteiger partial charge on any atom is 0.189 e. The van der Waals surface area contributed by atoms with Crippen LogP contribution >= 0.6 is 0 Å². The monoisotopic (exact) mass is 549 g/mol. The number of allylic oxidation sites excluding steroid dienone is 5. The van der Waals surface area contributed by atoms with Crippen molar-refractivity contribution in [2.24, 2.45) is 0 Å². The summed E-state index contributed by atoms with van der Waals surface area (Å²) in [5, 5.41) is 0. The SMILES string of the molecule is C=C/C(=C\C=C/C)N(c1ccccc1)c1ccc2c(c1)C(C)(C)c1cc(/C=C(/C)C(=O)c3ccccc3C=O)ccc1-2. The molecule has 0 heterocycles. The first kappa shape index (κ1) is 28.5. The van der Waals surface area contributed by atoms with Gasteiger partial charge in [0.1, 0.15) is 0 Å². The maximum absolute atomic E-state index is 13.2.